The third-order valence-corrected chi connectivity index (χ3v) is 4.63. The van der Waals surface area contributed by atoms with E-state index in [0.29, 0.717) is 18.9 Å². The predicted molar refractivity (Wildman–Crippen MR) is 115 cm³/mol. The van der Waals surface area contributed by atoms with Crippen molar-refractivity contribution in [3.63, 3.8) is 0 Å². The van der Waals surface area contributed by atoms with Gasteiger partial charge in [0.25, 0.3) is 0 Å². The number of anilines is 1. The van der Waals surface area contributed by atoms with Crippen molar-refractivity contribution in [2.75, 3.05) is 11.9 Å². The fraction of sp³-hybridized carbons (Fsp3) is 0.125. The van der Waals surface area contributed by atoms with Gasteiger partial charge in [0.05, 0.1) is 18.7 Å². The molecule has 3 aromatic carbocycles. The van der Waals surface area contributed by atoms with E-state index in [-0.39, 0.29) is 5.91 Å². The second-order valence-corrected chi connectivity index (χ2v) is 6.63. The molecular formula is C24H21N3O2. The van der Waals surface area contributed by atoms with Gasteiger partial charge in [0, 0.05) is 17.3 Å². The monoisotopic (exact) mass is 383 g/mol. The Bertz CT molecular complexity index is 1120. The van der Waals surface area contributed by atoms with E-state index in [4.69, 9.17) is 4.74 Å². The fourth-order valence-corrected chi connectivity index (χ4v) is 3.25. The number of nitrogens with one attached hydrogen (secondary N) is 1. The van der Waals surface area contributed by atoms with Gasteiger partial charge in [-0.05, 0) is 41.5 Å². The van der Waals surface area contributed by atoms with E-state index in [1.165, 1.54) is 0 Å². The molecule has 0 aliphatic rings. The second-order valence-electron chi connectivity index (χ2n) is 6.63. The molecule has 0 radical (unpaired) electrons. The number of hydrogen-bond donors (Lipinski definition) is 1. The number of fused-ring (bicyclic) bond motifs is 1. The molecule has 5 heteroatoms. The number of benzene rings is 3. The molecule has 0 saturated heterocycles. The van der Waals surface area contributed by atoms with Crippen LogP contribution in [0.2, 0.25) is 0 Å². The number of nitrogens with zero attached hydrogens (tertiary/aromatic N) is 2. The average Bonchev–Trinajstić information content (AvgIpc) is 2.75. The van der Waals surface area contributed by atoms with Crippen LogP contribution in [0.4, 0.5) is 5.69 Å². The summed E-state index contributed by atoms with van der Waals surface area (Å²) < 4.78 is 5.31. The van der Waals surface area contributed by atoms with E-state index in [1.807, 2.05) is 67.6 Å². The number of carbonyl (C=O) groups excluding carboxylic acids is 1. The van der Waals surface area contributed by atoms with Crippen LogP contribution in [0.5, 0.6) is 5.88 Å². The van der Waals surface area contributed by atoms with Crippen LogP contribution < -0.4 is 10.1 Å². The van der Waals surface area contributed by atoms with E-state index in [9.17, 15) is 4.79 Å². The van der Waals surface area contributed by atoms with Gasteiger partial charge in [0.2, 0.25) is 11.8 Å². The number of carbonyl (C=O) groups is 1. The van der Waals surface area contributed by atoms with Gasteiger partial charge in [0.15, 0.2) is 0 Å². The third kappa shape index (κ3) is 4.41. The van der Waals surface area contributed by atoms with Crippen molar-refractivity contribution >= 4 is 22.4 Å². The van der Waals surface area contributed by atoms with Gasteiger partial charge in [-0.15, -0.1) is 10.2 Å². The van der Waals surface area contributed by atoms with E-state index in [0.717, 1.165) is 33.3 Å². The molecule has 1 aromatic heterocycles. The molecule has 1 N–H and O–H groups in total. The molecular weight excluding hydrogens is 362 g/mol. The lowest BCUT2D eigenvalue weighted by Crippen LogP contribution is -2.14. The zero-order valence-corrected chi connectivity index (χ0v) is 16.1. The molecule has 0 aliphatic heterocycles. The number of ether oxygens (including phenoxy) is 1. The quantitative estimate of drug-likeness (QED) is 0.516. The SMILES string of the molecule is CCOc1ccc(-c2ccc(NC(=O)Cc3cccc4ccccc34)cc2)nn1. The first kappa shape index (κ1) is 18.6. The van der Waals surface area contributed by atoms with E-state index in [2.05, 4.69) is 27.6 Å². The van der Waals surface area contributed by atoms with E-state index in [1.54, 1.807) is 6.07 Å². The Morgan fingerprint density at radius 2 is 1.69 bits per heavy atom. The maximum atomic E-state index is 12.5. The molecule has 4 aromatic rings. The van der Waals surface area contributed by atoms with Crippen molar-refractivity contribution in [2.24, 2.45) is 0 Å². The minimum atomic E-state index is -0.0463. The Labute approximate surface area is 169 Å². The lowest BCUT2D eigenvalue weighted by molar-refractivity contribution is -0.115. The summed E-state index contributed by atoms with van der Waals surface area (Å²) >= 11 is 0. The lowest BCUT2D eigenvalue weighted by Gasteiger charge is -2.09. The summed E-state index contributed by atoms with van der Waals surface area (Å²) in [5, 5.41) is 13.4. The smallest absolute Gasteiger partial charge is 0.233 e. The third-order valence-electron chi connectivity index (χ3n) is 4.63. The van der Waals surface area contributed by atoms with Crippen LogP contribution in [0.15, 0.2) is 78.9 Å². The largest absolute Gasteiger partial charge is 0.477 e. The number of hydrogen-bond acceptors (Lipinski definition) is 4. The summed E-state index contributed by atoms with van der Waals surface area (Å²) in [4.78, 5) is 12.5. The highest BCUT2D eigenvalue weighted by Gasteiger charge is 2.08. The van der Waals surface area contributed by atoms with Gasteiger partial charge < -0.3 is 10.1 Å². The first-order valence-electron chi connectivity index (χ1n) is 9.56. The molecule has 0 atom stereocenters. The topological polar surface area (TPSA) is 64.1 Å². The Kier molecular flexibility index (Phi) is 5.47. The van der Waals surface area contributed by atoms with Crippen LogP contribution >= 0.6 is 0 Å². The van der Waals surface area contributed by atoms with E-state index < -0.39 is 0 Å². The van der Waals surface area contributed by atoms with Gasteiger partial charge in [0.1, 0.15) is 0 Å². The average molecular weight is 383 g/mol. The normalized spacial score (nSPS) is 10.7. The van der Waals surface area contributed by atoms with Crippen LogP contribution in [-0.4, -0.2) is 22.7 Å². The standard InChI is InChI=1S/C24H21N3O2/c1-2-29-24-15-14-22(26-27-24)18-10-12-20(13-11-18)25-23(28)16-19-8-5-7-17-6-3-4-9-21(17)19/h3-15H,2,16H2,1H3,(H,25,28). The summed E-state index contributed by atoms with van der Waals surface area (Å²) in [5.41, 5.74) is 3.44. The van der Waals surface area contributed by atoms with Crippen molar-refractivity contribution in [1.82, 2.24) is 10.2 Å². The van der Waals surface area contributed by atoms with Crippen molar-refractivity contribution in [2.45, 2.75) is 13.3 Å². The Hall–Kier alpha value is -3.73. The summed E-state index contributed by atoms with van der Waals surface area (Å²) in [6.45, 7) is 2.46. The summed E-state index contributed by atoms with van der Waals surface area (Å²) in [7, 11) is 0. The minimum absolute atomic E-state index is 0.0463. The van der Waals surface area contributed by atoms with Crippen LogP contribution in [0, 0.1) is 0 Å². The molecule has 0 saturated carbocycles. The van der Waals surface area contributed by atoms with Gasteiger partial charge in [-0.3, -0.25) is 4.79 Å². The summed E-state index contributed by atoms with van der Waals surface area (Å²) in [6, 6.07) is 25.4. The molecule has 4 rings (SSSR count). The molecule has 144 valence electrons. The highest BCUT2D eigenvalue weighted by atomic mass is 16.5. The predicted octanol–water partition coefficient (Wildman–Crippen LogP) is 4.88. The summed E-state index contributed by atoms with van der Waals surface area (Å²) in [6.07, 6.45) is 0.327. The Morgan fingerprint density at radius 1 is 0.897 bits per heavy atom. The maximum absolute atomic E-state index is 12.5. The molecule has 0 fully saturated rings. The molecule has 0 spiro atoms. The Balaban J connectivity index is 1.43. The molecule has 1 heterocycles. The van der Waals surface area contributed by atoms with Crippen molar-refractivity contribution in [3.8, 4) is 17.1 Å². The second kappa shape index (κ2) is 8.52. The number of rotatable bonds is 6. The van der Waals surface area contributed by atoms with Crippen LogP contribution in [0.1, 0.15) is 12.5 Å². The molecule has 0 unspecified atom stereocenters. The fourth-order valence-electron chi connectivity index (χ4n) is 3.25. The lowest BCUT2D eigenvalue weighted by atomic mass is 10.0. The van der Waals surface area contributed by atoms with Gasteiger partial charge in [-0.25, -0.2) is 0 Å². The molecule has 1 amide bonds. The van der Waals surface area contributed by atoms with Crippen molar-refractivity contribution in [3.05, 3.63) is 84.4 Å². The number of amides is 1. The highest BCUT2D eigenvalue weighted by Crippen LogP contribution is 2.22. The maximum Gasteiger partial charge on any atom is 0.233 e. The molecule has 5 nitrogen and oxygen atoms in total. The minimum Gasteiger partial charge on any atom is -0.477 e. The number of aromatic nitrogens is 2. The van der Waals surface area contributed by atoms with Crippen molar-refractivity contribution in [1.29, 1.82) is 0 Å². The van der Waals surface area contributed by atoms with Gasteiger partial charge >= 0.3 is 0 Å². The van der Waals surface area contributed by atoms with Gasteiger partial charge in [-0.1, -0.05) is 54.6 Å². The van der Waals surface area contributed by atoms with E-state index >= 15 is 0 Å². The molecule has 0 aliphatic carbocycles. The molecule has 0 bridgehead atoms. The van der Waals surface area contributed by atoms with Crippen molar-refractivity contribution < 1.29 is 9.53 Å². The van der Waals surface area contributed by atoms with Crippen LogP contribution in [0.3, 0.4) is 0 Å². The van der Waals surface area contributed by atoms with Gasteiger partial charge in [-0.2, -0.15) is 0 Å². The first-order chi connectivity index (χ1) is 14.2. The highest BCUT2D eigenvalue weighted by molar-refractivity contribution is 5.96. The zero-order chi connectivity index (χ0) is 20.1. The summed E-state index contributed by atoms with van der Waals surface area (Å²) in [5.74, 6) is 0.462. The van der Waals surface area contributed by atoms with Crippen LogP contribution in [0.25, 0.3) is 22.0 Å². The Morgan fingerprint density at radius 3 is 2.45 bits per heavy atom. The first-order valence-corrected chi connectivity index (χ1v) is 9.56. The van der Waals surface area contributed by atoms with Crippen LogP contribution in [-0.2, 0) is 11.2 Å². The molecule has 29 heavy (non-hydrogen) atoms. The zero-order valence-electron chi connectivity index (χ0n) is 16.1.